The minimum absolute atomic E-state index is 0.260. The molecule has 1 saturated carbocycles. The van der Waals surface area contributed by atoms with Gasteiger partial charge in [-0.1, -0.05) is 13.8 Å². The Labute approximate surface area is 119 Å². The number of halogens is 1. The zero-order valence-corrected chi connectivity index (χ0v) is 12.5. The minimum Gasteiger partial charge on any atom is -0.481 e. The van der Waals surface area contributed by atoms with Gasteiger partial charge in [-0.25, -0.2) is 4.98 Å². The number of carbonyl (C=O) groups is 2. The Kier molecular flexibility index (Phi) is 3.38. The summed E-state index contributed by atoms with van der Waals surface area (Å²) < 4.78 is 0.693. The van der Waals surface area contributed by atoms with E-state index in [1.807, 2.05) is 0 Å². The van der Waals surface area contributed by atoms with Gasteiger partial charge in [0.25, 0.3) is 0 Å². The fraction of sp³-hybridized carbons (Fsp3) is 0.462. The van der Waals surface area contributed by atoms with Crippen molar-refractivity contribution in [3.63, 3.8) is 0 Å². The highest BCUT2D eigenvalue weighted by molar-refractivity contribution is 9.10. The van der Waals surface area contributed by atoms with Crippen LogP contribution < -0.4 is 5.32 Å². The zero-order chi connectivity index (χ0) is 14.4. The van der Waals surface area contributed by atoms with E-state index in [2.05, 4.69) is 26.2 Å². The van der Waals surface area contributed by atoms with E-state index in [1.54, 1.807) is 32.9 Å². The van der Waals surface area contributed by atoms with E-state index >= 15 is 0 Å². The summed E-state index contributed by atoms with van der Waals surface area (Å²) in [7, 11) is 0. The maximum Gasteiger partial charge on any atom is 0.307 e. The molecule has 1 aliphatic carbocycles. The number of carbonyl (C=O) groups excluding carboxylic acids is 1. The quantitative estimate of drug-likeness (QED) is 0.836. The van der Waals surface area contributed by atoms with Crippen molar-refractivity contribution < 1.29 is 14.7 Å². The third kappa shape index (κ3) is 2.49. The van der Waals surface area contributed by atoms with E-state index in [9.17, 15) is 9.59 Å². The second kappa shape index (κ2) is 4.59. The summed E-state index contributed by atoms with van der Waals surface area (Å²) in [6, 6.07) is 3.48. The van der Waals surface area contributed by atoms with E-state index < -0.39 is 23.2 Å². The Balaban J connectivity index is 2.13. The number of carboxylic acids is 1. The summed E-state index contributed by atoms with van der Waals surface area (Å²) in [5.74, 6) is -2.29. The van der Waals surface area contributed by atoms with Crippen LogP contribution in [0.4, 0.5) is 5.69 Å². The third-order valence-electron chi connectivity index (χ3n) is 3.69. The smallest absolute Gasteiger partial charge is 0.307 e. The lowest BCUT2D eigenvalue weighted by molar-refractivity contribution is -0.140. The second-order valence-electron chi connectivity index (χ2n) is 5.37. The Bertz CT molecular complexity index is 557. The predicted molar refractivity (Wildman–Crippen MR) is 73.7 cm³/mol. The molecular weight excluding hydrogens is 312 g/mol. The van der Waals surface area contributed by atoms with Crippen LogP contribution in [-0.4, -0.2) is 22.0 Å². The van der Waals surface area contributed by atoms with Gasteiger partial charge in [-0.3, -0.25) is 9.59 Å². The van der Waals surface area contributed by atoms with Gasteiger partial charge >= 0.3 is 5.97 Å². The van der Waals surface area contributed by atoms with Crippen molar-refractivity contribution in [2.75, 3.05) is 5.32 Å². The van der Waals surface area contributed by atoms with Gasteiger partial charge < -0.3 is 10.4 Å². The molecule has 2 rings (SSSR count). The predicted octanol–water partition coefficient (Wildman–Crippen LogP) is 2.45. The van der Waals surface area contributed by atoms with E-state index in [0.717, 1.165) is 0 Å². The molecule has 2 unspecified atom stereocenters. The maximum atomic E-state index is 12.1. The monoisotopic (exact) mass is 326 g/mol. The Morgan fingerprint density at radius 1 is 1.37 bits per heavy atom. The van der Waals surface area contributed by atoms with Crippen molar-refractivity contribution in [3.8, 4) is 0 Å². The summed E-state index contributed by atoms with van der Waals surface area (Å²) in [5.41, 5.74) is 0.806. The maximum absolute atomic E-state index is 12.1. The molecule has 1 heterocycles. The molecule has 1 aliphatic rings. The highest BCUT2D eigenvalue weighted by Crippen LogP contribution is 2.58. The van der Waals surface area contributed by atoms with Crippen LogP contribution in [0, 0.1) is 24.2 Å². The standard InChI is InChI=1S/C13H15BrN2O3/c1-6-7(4-5-8(14)15-6)16-11(17)9-10(12(18)19)13(9,2)3/h4-5,9-10H,1-3H3,(H,16,17)(H,18,19). The topological polar surface area (TPSA) is 79.3 Å². The number of hydrogen-bond acceptors (Lipinski definition) is 3. The summed E-state index contributed by atoms with van der Waals surface area (Å²) in [5, 5.41) is 11.8. The third-order valence-corrected chi connectivity index (χ3v) is 4.13. The largest absolute Gasteiger partial charge is 0.481 e. The Morgan fingerprint density at radius 3 is 2.47 bits per heavy atom. The first-order chi connectivity index (χ1) is 8.75. The molecule has 0 spiro atoms. The van der Waals surface area contributed by atoms with Crippen molar-refractivity contribution in [3.05, 3.63) is 22.4 Å². The Hall–Kier alpha value is -1.43. The Morgan fingerprint density at radius 2 is 2.00 bits per heavy atom. The molecule has 0 saturated heterocycles. The first kappa shape index (κ1) is 14.0. The number of rotatable bonds is 3. The van der Waals surface area contributed by atoms with Crippen LogP contribution in [0.1, 0.15) is 19.5 Å². The number of aryl methyl sites for hydroxylation is 1. The fourth-order valence-corrected chi connectivity index (χ4v) is 2.86. The molecule has 102 valence electrons. The zero-order valence-electron chi connectivity index (χ0n) is 10.9. The number of nitrogens with zero attached hydrogens (tertiary/aromatic N) is 1. The highest BCUT2D eigenvalue weighted by Gasteiger charge is 2.65. The lowest BCUT2D eigenvalue weighted by Gasteiger charge is -2.08. The lowest BCUT2D eigenvalue weighted by atomic mass is 10.1. The summed E-state index contributed by atoms with van der Waals surface area (Å²) in [4.78, 5) is 27.4. The first-order valence-electron chi connectivity index (χ1n) is 5.92. The summed E-state index contributed by atoms with van der Waals surface area (Å²) in [6.07, 6.45) is 0. The molecule has 1 aromatic rings. The average molecular weight is 327 g/mol. The van der Waals surface area contributed by atoms with Gasteiger partial charge in [0, 0.05) is 0 Å². The van der Waals surface area contributed by atoms with Gasteiger partial charge in [0.05, 0.1) is 23.2 Å². The van der Waals surface area contributed by atoms with E-state index in [1.165, 1.54) is 0 Å². The normalized spacial score (nSPS) is 23.8. The van der Waals surface area contributed by atoms with E-state index in [4.69, 9.17) is 5.11 Å². The summed E-state index contributed by atoms with van der Waals surface area (Å²) >= 11 is 3.25. The number of carboxylic acid groups (broad SMARTS) is 1. The number of aromatic nitrogens is 1. The van der Waals surface area contributed by atoms with Gasteiger partial charge in [-0.15, -0.1) is 0 Å². The lowest BCUT2D eigenvalue weighted by Crippen LogP contribution is -2.18. The molecule has 6 heteroatoms. The van der Waals surface area contributed by atoms with Gasteiger partial charge in [-0.05, 0) is 40.4 Å². The van der Waals surface area contributed by atoms with Crippen molar-refractivity contribution in [1.29, 1.82) is 0 Å². The van der Waals surface area contributed by atoms with Crippen LogP contribution in [-0.2, 0) is 9.59 Å². The van der Waals surface area contributed by atoms with Crippen LogP contribution in [0.25, 0.3) is 0 Å². The fourth-order valence-electron chi connectivity index (χ4n) is 2.46. The molecule has 1 fully saturated rings. The highest BCUT2D eigenvalue weighted by atomic mass is 79.9. The van der Waals surface area contributed by atoms with Gasteiger partial charge in [0.1, 0.15) is 4.60 Å². The van der Waals surface area contributed by atoms with Crippen LogP contribution >= 0.6 is 15.9 Å². The van der Waals surface area contributed by atoms with Crippen LogP contribution in [0.3, 0.4) is 0 Å². The number of aliphatic carboxylic acids is 1. The van der Waals surface area contributed by atoms with Crippen LogP contribution in [0.5, 0.6) is 0 Å². The molecule has 5 nitrogen and oxygen atoms in total. The molecule has 2 N–H and O–H groups in total. The van der Waals surface area contributed by atoms with Crippen LogP contribution in [0.15, 0.2) is 16.7 Å². The number of anilines is 1. The molecule has 0 bridgehead atoms. The van der Waals surface area contributed by atoms with Crippen molar-refractivity contribution >= 4 is 33.5 Å². The second-order valence-corrected chi connectivity index (χ2v) is 6.18. The number of nitrogens with one attached hydrogen (secondary N) is 1. The first-order valence-corrected chi connectivity index (χ1v) is 6.71. The van der Waals surface area contributed by atoms with Gasteiger partial charge in [-0.2, -0.15) is 0 Å². The molecule has 0 aliphatic heterocycles. The molecular formula is C13H15BrN2O3. The van der Waals surface area contributed by atoms with Crippen molar-refractivity contribution in [2.24, 2.45) is 17.3 Å². The van der Waals surface area contributed by atoms with Crippen LogP contribution in [0.2, 0.25) is 0 Å². The molecule has 1 amide bonds. The number of pyridine rings is 1. The minimum atomic E-state index is -0.921. The molecule has 19 heavy (non-hydrogen) atoms. The molecule has 0 aromatic carbocycles. The summed E-state index contributed by atoms with van der Waals surface area (Å²) in [6.45, 7) is 5.37. The molecule has 2 atom stereocenters. The van der Waals surface area contributed by atoms with Gasteiger partial charge in [0.2, 0.25) is 5.91 Å². The van der Waals surface area contributed by atoms with Crippen molar-refractivity contribution in [1.82, 2.24) is 4.98 Å². The SMILES string of the molecule is Cc1nc(Br)ccc1NC(=O)C1C(C(=O)O)C1(C)C. The molecule has 1 aromatic heterocycles. The number of hydrogen-bond donors (Lipinski definition) is 2. The van der Waals surface area contributed by atoms with Gasteiger partial charge in [0.15, 0.2) is 0 Å². The average Bonchev–Trinajstić information content (AvgIpc) is 2.86. The van der Waals surface area contributed by atoms with E-state index in [-0.39, 0.29) is 5.91 Å². The van der Waals surface area contributed by atoms with E-state index in [0.29, 0.717) is 16.0 Å². The molecule has 0 radical (unpaired) electrons. The van der Waals surface area contributed by atoms with Crippen molar-refractivity contribution in [2.45, 2.75) is 20.8 Å². The number of amides is 1.